The molecule has 5 atom stereocenters. The lowest BCUT2D eigenvalue weighted by molar-refractivity contribution is -0.254. The summed E-state index contributed by atoms with van der Waals surface area (Å²) in [5.41, 5.74) is 3.93. The van der Waals surface area contributed by atoms with E-state index < -0.39 is 54.4 Å². The molecule has 3 rings (SSSR count). The highest BCUT2D eigenvalue weighted by Crippen LogP contribution is 2.39. The van der Waals surface area contributed by atoms with Gasteiger partial charge in [0.1, 0.15) is 18.8 Å². The summed E-state index contributed by atoms with van der Waals surface area (Å²) in [5.74, 6) is -2.55. The third-order valence-electron chi connectivity index (χ3n) is 6.21. The molecule has 0 aromatic heterocycles. The molecule has 0 saturated carbocycles. The van der Waals surface area contributed by atoms with E-state index in [1.54, 1.807) is 6.07 Å². The van der Waals surface area contributed by atoms with E-state index in [-0.39, 0.29) is 6.61 Å². The lowest BCUT2D eigenvalue weighted by Crippen LogP contribution is -2.59. The first-order valence-corrected chi connectivity index (χ1v) is 13.4. The van der Waals surface area contributed by atoms with Crippen molar-refractivity contribution in [1.29, 1.82) is 0 Å². The second-order valence-electron chi connectivity index (χ2n) is 9.32. The van der Waals surface area contributed by atoms with E-state index in [1.165, 1.54) is 33.3 Å². The molecule has 10 heteroatoms. The highest BCUT2D eigenvalue weighted by Gasteiger charge is 2.52. The summed E-state index contributed by atoms with van der Waals surface area (Å²) in [5, 5.41) is 0. The Hall–Kier alpha value is -3.24. The molecule has 9 nitrogen and oxygen atoms in total. The standard InChI is InChI=1S/C29H33BrO9/c1-6-20-7-9-21(10-8-20)13-23-14-22(11-12-24(23)30)26-28(37-18(4)33)29(38-19(5)34)27(36-17(3)32)25(39-26)15-35-16(2)31/h7-12,14,25-29H,6,13,15H2,1-5H3/t25?,26-,27+,28-,29-/m0/s1. The van der Waals surface area contributed by atoms with Crippen LogP contribution < -0.4 is 0 Å². The zero-order valence-electron chi connectivity index (χ0n) is 22.6. The van der Waals surface area contributed by atoms with Crippen LogP contribution in [-0.2, 0) is 55.7 Å². The number of esters is 4. The third kappa shape index (κ3) is 8.37. The summed E-state index contributed by atoms with van der Waals surface area (Å²) in [6.45, 7) is 6.67. The van der Waals surface area contributed by atoms with Crippen molar-refractivity contribution in [3.05, 3.63) is 69.2 Å². The number of hydrogen-bond donors (Lipinski definition) is 0. The molecule has 0 N–H and O–H groups in total. The van der Waals surface area contributed by atoms with Crippen LogP contribution in [0, 0.1) is 0 Å². The van der Waals surface area contributed by atoms with Crippen LogP contribution in [0.15, 0.2) is 46.9 Å². The van der Waals surface area contributed by atoms with Crippen molar-refractivity contribution in [3.8, 4) is 0 Å². The monoisotopic (exact) mass is 604 g/mol. The van der Waals surface area contributed by atoms with Crippen LogP contribution in [0.4, 0.5) is 0 Å². The number of carbonyl (C=O) groups is 4. The number of halogens is 1. The Morgan fingerprint density at radius 2 is 1.33 bits per heavy atom. The van der Waals surface area contributed by atoms with Crippen molar-refractivity contribution in [2.45, 2.75) is 78.0 Å². The fourth-order valence-corrected chi connectivity index (χ4v) is 4.90. The molecule has 1 unspecified atom stereocenters. The van der Waals surface area contributed by atoms with E-state index in [2.05, 4.69) is 47.1 Å². The zero-order valence-corrected chi connectivity index (χ0v) is 24.2. The number of ether oxygens (including phenoxy) is 5. The fraction of sp³-hybridized carbons (Fsp3) is 0.448. The SMILES string of the molecule is CCc1ccc(Cc2cc([C@@H]3OC(COC(C)=O)[C@@H](OC(C)=O)[C@H](OC(C)=O)[C@H]3OC(C)=O)ccc2Br)cc1. The molecule has 1 saturated heterocycles. The summed E-state index contributed by atoms with van der Waals surface area (Å²) < 4.78 is 29.0. The van der Waals surface area contributed by atoms with E-state index in [1.807, 2.05) is 12.1 Å². The Bertz CT molecular complexity index is 1190. The highest BCUT2D eigenvalue weighted by molar-refractivity contribution is 9.10. The molecule has 210 valence electrons. The molecule has 0 spiro atoms. The van der Waals surface area contributed by atoms with Gasteiger partial charge in [0.15, 0.2) is 18.3 Å². The third-order valence-corrected chi connectivity index (χ3v) is 6.99. The molecule has 39 heavy (non-hydrogen) atoms. The van der Waals surface area contributed by atoms with Crippen molar-refractivity contribution in [1.82, 2.24) is 0 Å². The lowest BCUT2D eigenvalue weighted by Gasteiger charge is -2.44. The minimum atomic E-state index is -1.22. The summed E-state index contributed by atoms with van der Waals surface area (Å²) in [6.07, 6.45) is -3.94. The van der Waals surface area contributed by atoms with Crippen LogP contribution in [0.1, 0.15) is 63.0 Å². The minimum Gasteiger partial charge on any atom is -0.463 e. The predicted molar refractivity (Wildman–Crippen MR) is 144 cm³/mol. The number of hydrogen-bond acceptors (Lipinski definition) is 9. The lowest BCUT2D eigenvalue weighted by atomic mass is 9.89. The van der Waals surface area contributed by atoms with Gasteiger partial charge >= 0.3 is 23.9 Å². The van der Waals surface area contributed by atoms with Gasteiger partial charge in [-0.15, -0.1) is 0 Å². The van der Waals surface area contributed by atoms with E-state index in [0.717, 1.165) is 22.0 Å². The topological polar surface area (TPSA) is 114 Å². The van der Waals surface area contributed by atoms with Crippen LogP contribution in [0.5, 0.6) is 0 Å². The Labute approximate surface area is 236 Å². The molecule has 1 aliphatic heterocycles. The summed E-state index contributed by atoms with van der Waals surface area (Å²) >= 11 is 3.62. The average Bonchev–Trinajstić information content (AvgIpc) is 2.86. The van der Waals surface area contributed by atoms with Gasteiger partial charge in [-0.3, -0.25) is 19.2 Å². The first-order chi connectivity index (χ1) is 18.5. The number of aryl methyl sites for hydroxylation is 1. The van der Waals surface area contributed by atoms with Crippen molar-refractivity contribution in [2.24, 2.45) is 0 Å². The molecule has 0 amide bonds. The number of carbonyl (C=O) groups excluding carboxylic acids is 4. The summed E-state index contributed by atoms with van der Waals surface area (Å²) in [7, 11) is 0. The normalized spacial score (nSPS) is 22.5. The second-order valence-corrected chi connectivity index (χ2v) is 10.2. The van der Waals surface area contributed by atoms with Crippen LogP contribution in [0.25, 0.3) is 0 Å². The van der Waals surface area contributed by atoms with Crippen molar-refractivity contribution >= 4 is 39.8 Å². The molecule has 2 aromatic carbocycles. The Balaban J connectivity index is 2.05. The molecule has 1 heterocycles. The van der Waals surface area contributed by atoms with Crippen molar-refractivity contribution in [2.75, 3.05) is 6.61 Å². The minimum absolute atomic E-state index is 0.276. The number of benzene rings is 2. The van der Waals surface area contributed by atoms with Gasteiger partial charge in [-0.25, -0.2) is 0 Å². The van der Waals surface area contributed by atoms with Crippen molar-refractivity contribution < 1.29 is 42.9 Å². The van der Waals surface area contributed by atoms with Gasteiger partial charge in [0.25, 0.3) is 0 Å². The van der Waals surface area contributed by atoms with E-state index in [4.69, 9.17) is 23.7 Å². The predicted octanol–water partition coefficient (Wildman–Crippen LogP) is 4.40. The van der Waals surface area contributed by atoms with E-state index in [0.29, 0.717) is 12.0 Å². The fourth-order valence-electron chi connectivity index (χ4n) is 4.52. The van der Waals surface area contributed by atoms with Crippen LogP contribution in [0.2, 0.25) is 0 Å². The quantitative estimate of drug-likeness (QED) is 0.303. The molecule has 0 radical (unpaired) electrons. The average molecular weight is 605 g/mol. The van der Waals surface area contributed by atoms with Crippen molar-refractivity contribution in [3.63, 3.8) is 0 Å². The molecule has 2 aromatic rings. The van der Waals surface area contributed by atoms with Gasteiger partial charge < -0.3 is 23.7 Å². The molecule has 0 aliphatic carbocycles. The zero-order chi connectivity index (χ0) is 28.7. The Kier molecular flexibility index (Phi) is 10.7. The summed E-state index contributed by atoms with van der Waals surface area (Å²) in [4.78, 5) is 47.8. The van der Waals surface area contributed by atoms with E-state index in [9.17, 15) is 19.2 Å². The molecule has 1 fully saturated rings. The highest BCUT2D eigenvalue weighted by atomic mass is 79.9. The first-order valence-electron chi connectivity index (χ1n) is 12.6. The first kappa shape index (κ1) is 30.3. The van der Waals surface area contributed by atoms with Crippen LogP contribution in [-0.4, -0.2) is 54.9 Å². The van der Waals surface area contributed by atoms with E-state index >= 15 is 0 Å². The molecule has 1 aliphatic rings. The maximum atomic E-state index is 12.2. The van der Waals surface area contributed by atoms with Gasteiger partial charge in [0, 0.05) is 32.2 Å². The smallest absolute Gasteiger partial charge is 0.303 e. The van der Waals surface area contributed by atoms with Crippen LogP contribution in [0.3, 0.4) is 0 Å². The Morgan fingerprint density at radius 3 is 1.90 bits per heavy atom. The maximum Gasteiger partial charge on any atom is 0.303 e. The molecular formula is C29H33BrO9. The van der Waals surface area contributed by atoms with Gasteiger partial charge in [-0.2, -0.15) is 0 Å². The van der Waals surface area contributed by atoms with Gasteiger partial charge in [0.2, 0.25) is 0 Å². The molecular weight excluding hydrogens is 572 g/mol. The van der Waals surface area contributed by atoms with Gasteiger partial charge in [-0.1, -0.05) is 59.3 Å². The van der Waals surface area contributed by atoms with Gasteiger partial charge in [-0.05, 0) is 41.2 Å². The summed E-state index contributed by atoms with van der Waals surface area (Å²) in [6, 6.07) is 13.9. The number of rotatable bonds is 9. The second kappa shape index (κ2) is 13.7. The molecule has 0 bridgehead atoms. The van der Waals surface area contributed by atoms with Gasteiger partial charge in [0.05, 0.1) is 0 Å². The Morgan fingerprint density at radius 1 is 0.769 bits per heavy atom. The van der Waals surface area contributed by atoms with Crippen LogP contribution >= 0.6 is 15.9 Å². The largest absolute Gasteiger partial charge is 0.463 e. The maximum absolute atomic E-state index is 12.2.